The highest BCUT2D eigenvalue weighted by molar-refractivity contribution is 6.36. The van der Waals surface area contributed by atoms with Crippen molar-refractivity contribution >= 4 is 34.8 Å². The molecule has 25 heavy (non-hydrogen) atoms. The summed E-state index contributed by atoms with van der Waals surface area (Å²) in [6.07, 6.45) is 2.85. The van der Waals surface area contributed by atoms with Gasteiger partial charge in [-0.3, -0.25) is 4.79 Å². The van der Waals surface area contributed by atoms with Gasteiger partial charge in [-0.05, 0) is 62.5 Å². The second-order valence-corrected chi connectivity index (χ2v) is 6.71. The van der Waals surface area contributed by atoms with Crippen LogP contribution in [0.4, 0.5) is 5.69 Å². The summed E-state index contributed by atoms with van der Waals surface area (Å²) >= 11 is 6.05. The highest BCUT2D eigenvalue weighted by Crippen LogP contribution is 2.35. The minimum atomic E-state index is -0.110. The lowest BCUT2D eigenvalue weighted by Crippen LogP contribution is -2.15. The minimum Gasteiger partial charge on any atom is -0.494 e. The van der Waals surface area contributed by atoms with Crippen molar-refractivity contribution in [1.82, 2.24) is 4.90 Å². The Bertz CT molecular complexity index is 798. The fourth-order valence-electron chi connectivity index (χ4n) is 2.70. The number of hydrogen-bond donors (Lipinski definition) is 1. The second-order valence-electron chi connectivity index (χ2n) is 6.28. The summed E-state index contributed by atoms with van der Waals surface area (Å²) in [6.45, 7) is 1.69. The number of rotatable bonds is 6. The van der Waals surface area contributed by atoms with Gasteiger partial charge in [-0.25, -0.2) is 0 Å². The van der Waals surface area contributed by atoms with Crippen LogP contribution in [0.15, 0.2) is 42.5 Å². The van der Waals surface area contributed by atoms with Crippen LogP contribution >= 0.6 is 11.6 Å². The topological polar surface area (TPSA) is 41.6 Å². The molecule has 2 aromatic carbocycles. The Labute approximate surface area is 153 Å². The Balaban J connectivity index is 1.70. The van der Waals surface area contributed by atoms with Crippen LogP contribution in [-0.2, 0) is 4.79 Å². The SMILES string of the molecule is CN(C)CCCOc1ccc(/C=C2\C(=O)Nc3ccc(Cl)cc32)cc1. The average molecular weight is 357 g/mol. The number of hydrogen-bond acceptors (Lipinski definition) is 3. The van der Waals surface area contributed by atoms with Crippen molar-refractivity contribution in [3.05, 3.63) is 58.6 Å². The number of anilines is 1. The van der Waals surface area contributed by atoms with E-state index in [1.165, 1.54) is 0 Å². The van der Waals surface area contributed by atoms with Crippen molar-refractivity contribution in [2.45, 2.75) is 6.42 Å². The molecule has 4 nitrogen and oxygen atoms in total. The molecule has 1 amide bonds. The zero-order valence-corrected chi connectivity index (χ0v) is 15.1. The van der Waals surface area contributed by atoms with E-state index in [-0.39, 0.29) is 5.91 Å². The maximum absolute atomic E-state index is 12.2. The van der Waals surface area contributed by atoms with Gasteiger partial charge < -0.3 is 15.0 Å². The van der Waals surface area contributed by atoms with E-state index in [2.05, 4.69) is 10.2 Å². The fourth-order valence-corrected chi connectivity index (χ4v) is 2.87. The highest BCUT2D eigenvalue weighted by atomic mass is 35.5. The van der Waals surface area contributed by atoms with Crippen molar-refractivity contribution < 1.29 is 9.53 Å². The quantitative estimate of drug-likeness (QED) is 0.624. The van der Waals surface area contributed by atoms with E-state index in [1.54, 1.807) is 6.07 Å². The van der Waals surface area contributed by atoms with E-state index >= 15 is 0 Å². The standard InChI is InChI=1S/C20H21ClN2O2/c1-23(2)10-3-11-25-16-7-4-14(5-8-16)12-18-17-13-15(21)6-9-19(17)22-20(18)24/h4-9,12-13H,3,10-11H2,1-2H3,(H,22,24)/b18-12-. The molecule has 1 aliphatic heterocycles. The Morgan fingerprint density at radius 3 is 2.64 bits per heavy atom. The van der Waals surface area contributed by atoms with Crippen molar-refractivity contribution in [1.29, 1.82) is 0 Å². The molecule has 0 saturated carbocycles. The van der Waals surface area contributed by atoms with Crippen LogP contribution in [0.25, 0.3) is 11.6 Å². The first-order valence-electron chi connectivity index (χ1n) is 8.23. The second kappa shape index (κ2) is 7.72. The van der Waals surface area contributed by atoms with E-state index in [0.717, 1.165) is 35.5 Å². The van der Waals surface area contributed by atoms with E-state index < -0.39 is 0 Å². The normalized spacial score (nSPS) is 14.7. The Hall–Kier alpha value is -2.30. The number of ether oxygens (including phenoxy) is 1. The van der Waals surface area contributed by atoms with E-state index in [4.69, 9.17) is 16.3 Å². The molecule has 3 rings (SSSR count). The molecule has 0 bridgehead atoms. The number of benzene rings is 2. The summed E-state index contributed by atoms with van der Waals surface area (Å²) in [4.78, 5) is 14.3. The number of carbonyl (C=O) groups excluding carboxylic acids is 1. The Morgan fingerprint density at radius 2 is 1.92 bits per heavy atom. The maximum Gasteiger partial charge on any atom is 0.256 e. The number of carbonyl (C=O) groups is 1. The Morgan fingerprint density at radius 1 is 1.16 bits per heavy atom. The predicted molar refractivity (Wildman–Crippen MR) is 103 cm³/mol. The minimum absolute atomic E-state index is 0.110. The molecular formula is C20H21ClN2O2. The lowest BCUT2D eigenvalue weighted by Gasteiger charge is -2.10. The first-order chi connectivity index (χ1) is 12.0. The zero-order chi connectivity index (χ0) is 17.8. The van der Waals surface area contributed by atoms with E-state index in [0.29, 0.717) is 17.2 Å². The fraction of sp³-hybridized carbons (Fsp3) is 0.250. The van der Waals surface area contributed by atoms with Crippen LogP contribution in [0.3, 0.4) is 0 Å². The molecule has 0 aromatic heterocycles. The van der Waals surface area contributed by atoms with Gasteiger partial charge in [0.05, 0.1) is 6.61 Å². The molecular weight excluding hydrogens is 336 g/mol. The number of fused-ring (bicyclic) bond motifs is 1. The van der Waals surface area contributed by atoms with Crippen molar-refractivity contribution in [2.75, 3.05) is 32.6 Å². The average Bonchev–Trinajstić information content (AvgIpc) is 2.88. The molecule has 0 unspecified atom stereocenters. The third kappa shape index (κ3) is 4.41. The van der Waals surface area contributed by atoms with E-state index in [1.807, 2.05) is 56.6 Å². The van der Waals surface area contributed by atoms with Gasteiger partial charge in [-0.1, -0.05) is 23.7 Å². The number of nitrogens with zero attached hydrogens (tertiary/aromatic N) is 1. The molecule has 2 aromatic rings. The van der Waals surface area contributed by atoms with Crippen LogP contribution in [0.1, 0.15) is 17.5 Å². The Kier molecular flexibility index (Phi) is 5.41. The van der Waals surface area contributed by atoms with Gasteiger partial charge in [-0.15, -0.1) is 0 Å². The van der Waals surface area contributed by atoms with Gasteiger partial charge in [0.25, 0.3) is 5.91 Å². The van der Waals surface area contributed by atoms with Crippen LogP contribution in [0.2, 0.25) is 5.02 Å². The first-order valence-corrected chi connectivity index (χ1v) is 8.61. The summed E-state index contributed by atoms with van der Waals surface area (Å²) in [6, 6.07) is 13.1. The monoisotopic (exact) mass is 356 g/mol. The molecule has 130 valence electrons. The van der Waals surface area contributed by atoms with Gasteiger partial charge in [0.1, 0.15) is 5.75 Å². The van der Waals surface area contributed by atoms with Gasteiger partial charge in [-0.2, -0.15) is 0 Å². The van der Waals surface area contributed by atoms with Crippen molar-refractivity contribution in [3.63, 3.8) is 0 Å². The third-order valence-electron chi connectivity index (χ3n) is 3.97. The summed E-state index contributed by atoms with van der Waals surface area (Å²) in [5.74, 6) is 0.724. The van der Waals surface area contributed by atoms with Gasteiger partial charge in [0.15, 0.2) is 0 Å². The molecule has 0 atom stereocenters. The first kappa shape index (κ1) is 17.5. The third-order valence-corrected chi connectivity index (χ3v) is 4.21. The van der Waals surface area contributed by atoms with E-state index in [9.17, 15) is 4.79 Å². The van der Waals surface area contributed by atoms with Crippen LogP contribution in [0.5, 0.6) is 5.75 Å². The lowest BCUT2D eigenvalue weighted by molar-refractivity contribution is -0.110. The molecule has 0 fully saturated rings. The summed E-state index contributed by atoms with van der Waals surface area (Å²) < 4.78 is 5.73. The van der Waals surface area contributed by atoms with Gasteiger partial charge >= 0.3 is 0 Å². The molecule has 1 aliphatic rings. The molecule has 1 N–H and O–H groups in total. The van der Waals surface area contributed by atoms with Crippen LogP contribution in [0, 0.1) is 0 Å². The molecule has 0 spiro atoms. The van der Waals surface area contributed by atoms with Crippen molar-refractivity contribution in [3.8, 4) is 5.75 Å². The summed E-state index contributed by atoms with van der Waals surface area (Å²) in [7, 11) is 4.10. The van der Waals surface area contributed by atoms with Crippen LogP contribution < -0.4 is 10.1 Å². The molecule has 1 heterocycles. The summed E-state index contributed by atoms with van der Waals surface area (Å²) in [5, 5.41) is 3.47. The smallest absolute Gasteiger partial charge is 0.256 e. The predicted octanol–water partition coefficient (Wildman–Crippen LogP) is 4.16. The summed E-state index contributed by atoms with van der Waals surface area (Å²) in [5.41, 5.74) is 3.19. The van der Waals surface area contributed by atoms with Gasteiger partial charge in [0, 0.05) is 28.4 Å². The molecule has 5 heteroatoms. The molecule has 0 aliphatic carbocycles. The van der Waals surface area contributed by atoms with Crippen LogP contribution in [-0.4, -0.2) is 38.1 Å². The van der Waals surface area contributed by atoms with Crippen molar-refractivity contribution in [2.24, 2.45) is 0 Å². The lowest BCUT2D eigenvalue weighted by atomic mass is 10.0. The number of amides is 1. The van der Waals surface area contributed by atoms with Gasteiger partial charge in [0.2, 0.25) is 0 Å². The molecule has 0 saturated heterocycles. The maximum atomic E-state index is 12.2. The number of halogens is 1. The number of nitrogens with one attached hydrogen (secondary N) is 1. The largest absolute Gasteiger partial charge is 0.494 e. The zero-order valence-electron chi connectivity index (χ0n) is 14.4. The highest BCUT2D eigenvalue weighted by Gasteiger charge is 2.24. The molecule has 0 radical (unpaired) electrons.